The van der Waals surface area contributed by atoms with Gasteiger partial charge in [-0.05, 0) is 31.4 Å². The molecule has 10 heteroatoms. The summed E-state index contributed by atoms with van der Waals surface area (Å²) >= 11 is 7.03. The third-order valence-electron chi connectivity index (χ3n) is 6.80. The maximum absolute atomic E-state index is 12.9. The normalized spacial score (nSPS) is 26.1. The molecular weight excluding hydrogens is 485 g/mol. The Balaban J connectivity index is 0.00000385. The summed E-state index contributed by atoms with van der Waals surface area (Å²) in [5.74, 6) is -0.0439. The summed E-state index contributed by atoms with van der Waals surface area (Å²) < 4.78 is 32.7. The van der Waals surface area contributed by atoms with Crippen molar-refractivity contribution in [2.45, 2.75) is 62.6 Å². The molecular formula is C23H37Cl2N3O4S. The van der Waals surface area contributed by atoms with E-state index < -0.39 is 21.1 Å². The number of methoxy groups -OCH3 is 1. The number of carbonyl (C=O) groups excluding carboxylic acids is 1. The van der Waals surface area contributed by atoms with Gasteiger partial charge in [-0.2, -0.15) is 4.31 Å². The third-order valence-corrected chi connectivity index (χ3v) is 9.36. The highest BCUT2D eigenvalue weighted by Crippen LogP contribution is 2.39. The molecule has 3 atom stereocenters. The van der Waals surface area contributed by atoms with Crippen LogP contribution >= 0.6 is 24.0 Å². The molecule has 188 valence electrons. The first-order chi connectivity index (χ1) is 15.3. The van der Waals surface area contributed by atoms with Crippen molar-refractivity contribution in [1.29, 1.82) is 0 Å². The Labute approximate surface area is 209 Å². The Morgan fingerprint density at radius 2 is 1.85 bits per heavy atom. The van der Waals surface area contributed by atoms with Gasteiger partial charge < -0.3 is 10.1 Å². The van der Waals surface area contributed by atoms with E-state index >= 15 is 0 Å². The first-order valence-corrected chi connectivity index (χ1v) is 13.7. The number of piperazine rings is 1. The fourth-order valence-corrected chi connectivity index (χ4v) is 7.12. The van der Waals surface area contributed by atoms with Crippen LogP contribution in [0.25, 0.3) is 0 Å². The van der Waals surface area contributed by atoms with Crippen LogP contribution in [0.4, 0.5) is 0 Å². The summed E-state index contributed by atoms with van der Waals surface area (Å²) in [6, 6.07) is 9.06. The molecule has 1 aliphatic carbocycles. The van der Waals surface area contributed by atoms with E-state index in [2.05, 4.69) is 10.2 Å². The van der Waals surface area contributed by atoms with Gasteiger partial charge in [0.2, 0.25) is 10.0 Å². The second-order valence-electron chi connectivity index (χ2n) is 8.72. The zero-order valence-electron chi connectivity index (χ0n) is 19.5. The number of nitrogens with zero attached hydrogens (tertiary/aromatic N) is 2. The zero-order valence-corrected chi connectivity index (χ0v) is 21.9. The number of nitrogens with one attached hydrogen (secondary N) is 1. The van der Waals surface area contributed by atoms with Crippen molar-refractivity contribution in [2.24, 2.45) is 0 Å². The highest BCUT2D eigenvalue weighted by atomic mass is 35.5. The van der Waals surface area contributed by atoms with Crippen LogP contribution in [0, 0.1) is 0 Å². The Kier molecular flexibility index (Phi) is 10.9. The van der Waals surface area contributed by atoms with Crippen LogP contribution in [-0.4, -0.2) is 79.7 Å². The first-order valence-electron chi connectivity index (χ1n) is 11.6. The van der Waals surface area contributed by atoms with E-state index in [1.165, 1.54) is 0 Å². The molecule has 0 aromatic heterocycles. The Morgan fingerprint density at radius 1 is 1.18 bits per heavy atom. The zero-order chi connectivity index (χ0) is 23.2. The van der Waals surface area contributed by atoms with Crippen LogP contribution in [-0.2, 0) is 14.8 Å². The van der Waals surface area contributed by atoms with E-state index in [-0.39, 0.29) is 30.2 Å². The maximum atomic E-state index is 12.9. The van der Waals surface area contributed by atoms with Crippen LogP contribution in [0.5, 0.6) is 0 Å². The Hall–Kier alpha value is -0.900. The number of hydrogen-bond donors (Lipinski definition) is 1. The Morgan fingerprint density at radius 3 is 2.45 bits per heavy atom. The molecule has 1 aliphatic heterocycles. The smallest absolute Gasteiger partial charge is 0.252 e. The maximum Gasteiger partial charge on any atom is 0.252 e. The average molecular weight is 523 g/mol. The number of alkyl halides is 1. The molecule has 2 aliphatic rings. The number of halogens is 2. The predicted octanol–water partition coefficient (Wildman–Crippen LogP) is 3.48. The van der Waals surface area contributed by atoms with Crippen LogP contribution < -0.4 is 5.32 Å². The largest absolute Gasteiger partial charge is 0.379 e. The van der Waals surface area contributed by atoms with E-state index in [1.54, 1.807) is 23.5 Å². The summed E-state index contributed by atoms with van der Waals surface area (Å²) in [5, 5.41) is 3.03. The monoisotopic (exact) mass is 521 g/mol. The van der Waals surface area contributed by atoms with Crippen molar-refractivity contribution >= 4 is 39.9 Å². The number of rotatable bonds is 8. The fraction of sp³-hybridized carbons (Fsp3) is 0.696. The van der Waals surface area contributed by atoms with Gasteiger partial charge in [-0.25, -0.2) is 8.42 Å². The van der Waals surface area contributed by atoms with Gasteiger partial charge in [0.25, 0.3) is 5.91 Å². The summed E-state index contributed by atoms with van der Waals surface area (Å²) in [6.07, 6.45) is 5.21. The lowest BCUT2D eigenvalue weighted by Crippen LogP contribution is -2.69. The molecule has 1 saturated carbocycles. The van der Waals surface area contributed by atoms with Crippen LogP contribution in [0.1, 0.15) is 55.8 Å². The van der Waals surface area contributed by atoms with Gasteiger partial charge in [-0.15, -0.1) is 12.4 Å². The number of ether oxygens (including phenoxy) is 1. The lowest BCUT2D eigenvalue weighted by molar-refractivity contribution is -0.0749. The van der Waals surface area contributed by atoms with Crippen molar-refractivity contribution < 1.29 is 17.9 Å². The van der Waals surface area contributed by atoms with Crippen LogP contribution in [0.3, 0.4) is 0 Å². The molecule has 1 saturated heterocycles. The molecule has 7 nitrogen and oxygen atoms in total. The summed E-state index contributed by atoms with van der Waals surface area (Å²) in [4.78, 5) is 15.2. The van der Waals surface area contributed by atoms with Crippen LogP contribution in [0.15, 0.2) is 30.3 Å². The highest BCUT2D eigenvalue weighted by Gasteiger charge is 2.51. The second-order valence-corrected chi connectivity index (χ2v) is 11.2. The molecule has 1 heterocycles. The second kappa shape index (κ2) is 12.7. The minimum absolute atomic E-state index is 0. The molecule has 1 N–H and O–H groups in total. The lowest BCUT2D eigenvalue weighted by atomic mass is 9.84. The third kappa shape index (κ3) is 6.41. The summed E-state index contributed by atoms with van der Waals surface area (Å²) in [6.45, 7) is 3.86. The molecule has 0 radical (unpaired) electrons. The van der Waals surface area contributed by atoms with Crippen molar-refractivity contribution in [3.8, 4) is 0 Å². The van der Waals surface area contributed by atoms with E-state index in [4.69, 9.17) is 16.3 Å². The molecule has 2 fully saturated rings. The summed E-state index contributed by atoms with van der Waals surface area (Å²) in [7, 11) is -1.53. The number of benzene rings is 1. The number of sulfonamides is 1. The minimum atomic E-state index is -3.24. The van der Waals surface area contributed by atoms with E-state index in [0.29, 0.717) is 38.2 Å². The molecule has 3 unspecified atom stereocenters. The SMILES string of the molecule is CCCS(=O)(=O)N1CCN(C2(C(Cl)NC(=O)c3ccccc3)CCCCCC2OC)CC1.Cl. The van der Waals surface area contributed by atoms with Gasteiger partial charge in [-0.1, -0.05) is 56.0 Å². The molecule has 0 bridgehead atoms. The van der Waals surface area contributed by atoms with Crippen molar-refractivity contribution in [3.63, 3.8) is 0 Å². The quantitative estimate of drug-likeness (QED) is 0.321. The van der Waals surface area contributed by atoms with Crippen molar-refractivity contribution in [2.75, 3.05) is 39.0 Å². The first kappa shape index (κ1) is 28.3. The molecule has 33 heavy (non-hydrogen) atoms. The topological polar surface area (TPSA) is 79.0 Å². The predicted molar refractivity (Wildman–Crippen MR) is 135 cm³/mol. The molecule has 3 rings (SSSR count). The molecule has 0 spiro atoms. The molecule has 1 amide bonds. The minimum Gasteiger partial charge on any atom is -0.379 e. The van der Waals surface area contributed by atoms with Gasteiger partial charge in [0.1, 0.15) is 5.50 Å². The standard InChI is InChI=1S/C23H36ClN3O4S.ClH/c1-3-18-32(29,30)27-16-14-26(15-17-27)23(13-9-5-8-12-20(23)31-2)22(24)25-21(28)19-10-6-4-7-11-19;/h4,6-7,10-11,20,22H,3,5,8-9,12-18H2,1-2H3,(H,25,28);1H. The molecule has 1 aromatic rings. The molecule has 1 aromatic carbocycles. The van der Waals surface area contributed by atoms with Crippen LogP contribution in [0.2, 0.25) is 0 Å². The van der Waals surface area contributed by atoms with Gasteiger partial charge in [0.05, 0.1) is 17.4 Å². The van der Waals surface area contributed by atoms with Gasteiger partial charge in [0, 0.05) is 38.9 Å². The number of hydrogen-bond acceptors (Lipinski definition) is 5. The van der Waals surface area contributed by atoms with Gasteiger partial charge in [-0.3, -0.25) is 9.69 Å². The average Bonchev–Trinajstić information content (AvgIpc) is 3.03. The number of carbonyl (C=O) groups is 1. The van der Waals surface area contributed by atoms with E-state index in [9.17, 15) is 13.2 Å². The summed E-state index contributed by atoms with van der Waals surface area (Å²) in [5.41, 5.74) is -0.707. The fourth-order valence-electron chi connectivity index (χ4n) is 5.14. The van der Waals surface area contributed by atoms with E-state index in [0.717, 1.165) is 32.1 Å². The lowest BCUT2D eigenvalue weighted by Gasteiger charge is -2.52. The van der Waals surface area contributed by atoms with Gasteiger partial charge >= 0.3 is 0 Å². The Bertz CT molecular complexity index is 851. The number of amides is 1. The van der Waals surface area contributed by atoms with E-state index in [1.807, 2.05) is 25.1 Å². The highest BCUT2D eigenvalue weighted by molar-refractivity contribution is 7.89. The van der Waals surface area contributed by atoms with Gasteiger partial charge in [0.15, 0.2) is 0 Å². The van der Waals surface area contributed by atoms with Crippen molar-refractivity contribution in [3.05, 3.63) is 35.9 Å². The van der Waals surface area contributed by atoms with Crippen molar-refractivity contribution in [1.82, 2.24) is 14.5 Å².